The number of hydrazone groups is 1. The number of rotatable bonds is 7. The van der Waals surface area contributed by atoms with Crippen molar-refractivity contribution in [2.75, 3.05) is 20.2 Å². The van der Waals surface area contributed by atoms with Crippen LogP contribution in [0.2, 0.25) is 0 Å². The Kier molecular flexibility index (Phi) is 6.95. The van der Waals surface area contributed by atoms with Crippen molar-refractivity contribution in [2.45, 2.75) is 45.2 Å². The first-order valence-electron chi connectivity index (χ1n) is 11.6. The van der Waals surface area contributed by atoms with Gasteiger partial charge in [0.25, 0.3) is 5.91 Å². The van der Waals surface area contributed by atoms with Crippen molar-refractivity contribution in [1.82, 2.24) is 14.8 Å². The fourth-order valence-corrected chi connectivity index (χ4v) is 4.33. The molecule has 0 radical (unpaired) electrons. The number of hydrogen-bond acceptors (Lipinski definition) is 5. The Morgan fingerprint density at radius 1 is 1.12 bits per heavy atom. The number of imide groups is 1. The van der Waals surface area contributed by atoms with Crippen LogP contribution in [0.5, 0.6) is 5.75 Å². The van der Waals surface area contributed by atoms with Crippen molar-refractivity contribution in [2.24, 2.45) is 5.10 Å². The van der Waals surface area contributed by atoms with Crippen LogP contribution in [0.25, 0.3) is 0 Å². The van der Waals surface area contributed by atoms with Crippen molar-refractivity contribution in [3.63, 3.8) is 0 Å². The van der Waals surface area contributed by atoms with Crippen molar-refractivity contribution in [1.29, 1.82) is 0 Å². The Bertz CT molecular complexity index is 1080. The third-order valence-corrected chi connectivity index (χ3v) is 6.53. The van der Waals surface area contributed by atoms with E-state index in [0.29, 0.717) is 13.0 Å². The molecule has 34 heavy (non-hydrogen) atoms. The monoisotopic (exact) mass is 462 g/mol. The van der Waals surface area contributed by atoms with Gasteiger partial charge in [-0.25, -0.2) is 9.80 Å². The Balaban J connectivity index is 1.60. The quantitative estimate of drug-likeness (QED) is 0.626. The van der Waals surface area contributed by atoms with E-state index in [1.165, 1.54) is 5.01 Å². The molecule has 8 heteroatoms. The third-order valence-electron chi connectivity index (χ3n) is 6.53. The highest BCUT2D eigenvalue weighted by atomic mass is 16.5. The second kappa shape index (κ2) is 10.1. The maximum atomic E-state index is 13.5. The highest BCUT2D eigenvalue weighted by Crippen LogP contribution is 2.34. The van der Waals surface area contributed by atoms with E-state index >= 15 is 0 Å². The molecule has 1 fully saturated rings. The molecule has 178 valence electrons. The Hall–Kier alpha value is -3.68. The predicted molar refractivity (Wildman–Crippen MR) is 128 cm³/mol. The van der Waals surface area contributed by atoms with Gasteiger partial charge in [0.05, 0.1) is 18.9 Å². The molecule has 2 aromatic carbocycles. The maximum Gasteiger partial charge on any atom is 0.327 e. The minimum Gasteiger partial charge on any atom is -0.497 e. The molecule has 0 spiro atoms. The molecular weight excluding hydrogens is 432 g/mol. The standard InChI is InChI=1S/C26H30N4O4/c1-4-18(2)28-15-14-24(31)29(26(28)33)17-25(32)30-23(20-10-12-21(34-3)13-11-20)16-22(27-30)19-8-6-5-7-9-19/h5-13,18,23H,4,14-17H2,1-3H3/t18-,23+/m1/s1. The Morgan fingerprint density at radius 2 is 1.82 bits per heavy atom. The lowest BCUT2D eigenvalue weighted by atomic mass is 9.98. The number of benzene rings is 2. The minimum atomic E-state index is -0.411. The molecule has 0 saturated carbocycles. The van der Waals surface area contributed by atoms with Crippen molar-refractivity contribution < 1.29 is 19.1 Å². The predicted octanol–water partition coefficient (Wildman–Crippen LogP) is 3.83. The van der Waals surface area contributed by atoms with Gasteiger partial charge in [-0.05, 0) is 36.6 Å². The summed E-state index contributed by atoms with van der Waals surface area (Å²) in [6.45, 7) is 3.99. The highest BCUT2D eigenvalue weighted by molar-refractivity contribution is 6.04. The van der Waals surface area contributed by atoms with E-state index in [0.717, 1.165) is 33.9 Å². The van der Waals surface area contributed by atoms with Crippen LogP contribution < -0.4 is 4.74 Å². The van der Waals surface area contributed by atoms with Gasteiger partial charge in [-0.3, -0.25) is 14.5 Å². The molecule has 2 aliphatic heterocycles. The third kappa shape index (κ3) is 4.66. The van der Waals surface area contributed by atoms with E-state index in [1.54, 1.807) is 12.0 Å². The summed E-state index contributed by atoms with van der Waals surface area (Å²) in [6, 6.07) is 16.5. The number of urea groups is 1. The summed E-state index contributed by atoms with van der Waals surface area (Å²) in [4.78, 5) is 41.8. The van der Waals surface area contributed by atoms with Gasteiger partial charge in [0.2, 0.25) is 5.91 Å². The lowest BCUT2D eigenvalue weighted by molar-refractivity contribution is -0.141. The SMILES string of the molecule is CC[C@@H](C)N1CCC(=O)N(CC(=O)N2N=C(c3ccccc3)C[C@H]2c2ccc(OC)cc2)C1=O. The van der Waals surface area contributed by atoms with Gasteiger partial charge in [0.15, 0.2) is 0 Å². The molecule has 2 aromatic rings. The van der Waals surface area contributed by atoms with Crippen LogP contribution in [0.1, 0.15) is 50.3 Å². The maximum absolute atomic E-state index is 13.5. The number of ether oxygens (including phenoxy) is 1. The lowest BCUT2D eigenvalue weighted by Gasteiger charge is -2.37. The largest absolute Gasteiger partial charge is 0.497 e. The number of carbonyl (C=O) groups is 3. The second-order valence-electron chi connectivity index (χ2n) is 8.61. The number of amides is 4. The molecule has 2 heterocycles. The summed E-state index contributed by atoms with van der Waals surface area (Å²) in [7, 11) is 1.60. The fourth-order valence-electron chi connectivity index (χ4n) is 4.33. The molecule has 4 rings (SSSR count). The molecule has 4 amide bonds. The van der Waals surface area contributed by atoms with Gasteiger partial charge >= 0.3 is 6.03 Å². The summed E-state index contributed by atoms with van der Waals surface area (Å²) in [5.41, 5.74) is 2.62. The van der Waals surface area contributed by atoms with Gasteiger partial charge in [0, 0.05) is 25.4 Å². The van der Waals surface area contributed by atoms with Gasteiger partial charge < -0.3 is 9.64 Å². The van der Waals surface area contributed by atoms with Gasteiger partial charge in [-0.1, -0.05) is 49.4 Å². The molecule has 8 nitrogen and oxygen atoms in total. The van der Waals surface area contributed by atoms with E-state index in [4.69, 9.17) is 4.74 Å². The van der Waals surface area contributed by atoms with Crippen LogP contribution in [0.3, 0.4) is 0 Å². The first-order valence-corrected chi connectivity index (χ1v) is 11.6. The fraction of sp³-hybridized carbons (Fsp3) is 0.385. The van der Waals surface area contributed by atoms with Crippen LogP contribution in [0.4, 0.5) is 4.79 Å². The van der Waals surface area contributed by atoms with Crippen LogP contribution in [0.15, 0.2) is 59.7 Å². The number of carbonyl (C=O) groups excluding carboxylic acids is 3. The summed E-state index contributed by atoms with van der Waals surface area (Å²) in [5.74, 6) is 0.00304. The average Bonchev–Trinajstić information content (AvgIpc) is 3.32. The second-order valence-corrected chi connectivity index (χ2v) is 8.61. The van der Waals surface area contributed by atoms with E-state index in [-0.39, 0.29) is 36.9 Å². The van der Waals surface area contributed by atoms with Crippen LogP contribution in [-0.4, -0.2) is 64.6 Å². The van der Waals surface area contributed by atoms with Crippen molar-refractivity contribution in [3.05, 3.63) is 65.7 Å². The summed E-state index contributed by atoms with van der Waals surface area (Å²) < 4.78 is 5.26. The summed E-state index contributed by atoms with van der Waals surface area (Å²) in [5, 5.41) is 6.07. The zero-order chi connectivity index (χ0) is 24.2. The highest BCUT2D eigenvalue weighted by Gasteiger charge is 2.39. The minimum absolute atomic E-state index is 0.000240. The Morgan fingerprint density at radius 3 is 2.47 bits per heavy atom. The molecule has 1 saturated heterocycles. The summed E-state index contributed by atoms with van der Waals surface area (Å²) in [6.07, 6.45) is 1.52. The van der Waals surface area contributed by atoms with Gasteiger partial charge in [-0.15, -0.1) is 0 Å². The molecule has 0 aromatic heterocycles. The Labute approximate surface area is 199 Å². The zero-order valence-corrected chi connectivity index (χ0v) is 19.8. The molecule has 0 N–H and O–H groups in total. The van der Waals surface area contributed by atoms with E-state index in [9.17, 15) is 14.4 Å². The van der Waals surface area contributed by atoms with Crippen LogP contribution in [0, 0.1) is 0 Å². The number of methoxy groups -OCH3 is 1. The molecule has 2 atom stereocenters. The topological polar surface area (TPSA) is 82.5 Å². The molecular formula is C26H30N4O4. The van der Waals surface area contributed by atoms with Crippen molar-refractivity contribution >= 4 is 23.6 Å². The van der Waals surface area contributed by atoms with Gasteiger partial charge in [-0.2, -0.15) is 5.10 Å². The first kappa shape index (κ1) is 23.5. The average molecular weight is 463 g/mol. The van der Waals surface area contributed by atoms with E-state index < -0.39 is 6.03 Å². The van der Waals surface area contributed by atoms with E-state index in [2.05, 4.69) is 5.10 Å². The first-order chi connectivity index (χ1) is 16.4. The zero-order valence-electron chi connectivity index (χ0n) is 19.8. The molecule has 0 aliphatic carbocycles. The molecule has 0 bridgehead atoms. The normalized spacial score (nSPS) is 19.3. The smallest absolute Gasteiger partial charge is 0.327 e. The molecule has 0 unspecified atom stereocenters. The van der Waals surface area contributed by atoms with Crippen molar-refractivity contribution in [3.8, 4) is 5.75 Å². The number of nitrogens with zero attached hydrogens (tertiary/aromatic N) is 4. The van der Waals surface area contributed by atoms with Crippen LogP contribution >= 0.6 is 0 Å². The molecule has 2 aliphatic rings. The number of hydrogen-bond donors (Lipinski definition) is 0. The van der Waals surface area contributed by atoms with E-state index in [1.807, 2.05) is 68.4 Å². The van der Waals surface area contributed by atoms with Crippen LogP contribution in [-0.2, 0) is 9.59 Å². The lowest BCUT2D eigenvalue weighted by Crippen LogP contribution is -2.57. The summed E-state index contributed by atoms with van der Waals surface area (Å²) >= 11 is 0. The van der Waals surface area contributed by atoms with Gasteiger partial charge in [0.1, 0.15) is 12.3 Å².